The molecular weight excluding hydrogens is 296 g/mol. The molecule has 1 aliphatic rings. The lowest BCUT2D eigenvalue weighted by Crippen LogP contribution is -2.27. The molecule has 2 N–H and O–H groups in total. The van der Waals surface area contributed by atoms with Gasteiger partial charge in [0, 0.05) is 6.54 Å². The fourth-order valence-corrected chi connectivity index (χ4v) is 3.44. The normalized spacial score (nSPS) is 18.4. The Kier molecular flexibility index (Phi) is 3.58. The van der Waals surface area contributed by atoms with E-state index in [1.54, 1.807) is 11.3 Å². The molecule has 2 aromatic rings. The number of nitrogens with zero attached hydrogens (tertiary/aromatic N) is 3. The molecule has 0 aliphatic carbocycles. The van der Waals surface area contributed by atoms with Crippen LogP contribution in [-0.4, -0.2) is 22.6 Å². The number of carbonyl (C=O) groups excluding carboxylic acids is 1. The summed E-state index contributed by atoms with van der Waals surface area (Å²) in [6.07, 6.45) is 2.07. The second-order valence-corrected chi connectivity index (χ2v) is 5.84. The average molecular weight is 309 g/mol. The summed E-state index contributed by atoms with van der Waals surface area (Å²) in [5.41, 5.74) is 6.99. The highest BCUT2D eigenvalue weighted by molar-refractivity contribution is 7.08. The van der Waals surface area contributed by atoms with Gasteiger partial charge in [0.1, 0.15) is 0 Å². The molecular formula is C13H13ClN4OS. The maximum atomic E-state index is 11.6. The predicted octanol–water partition coefficient (Wildman–Crippen LogP) is 2.63. The summed E-state index contributed by atoms with van der Waals surface area (Å²) < 4.78 is 0. The number of halogens is 1. The van der Waals surface area contributed by atoms with Crippen LogP contribution in [0.15, 0.2) is 22.9 Å². The molecule has 0 aromatic carbocycles. The van der Waals surface area contributed by atoms with Crippen LogP contribution in [0, 0.1) is 0 Å². The summed E-state index contributed by atoms with van der Waals surface area (Å²) in [6.45, 7) is 0.830. The highest BCUT2D eigenvalue weighted by atomic mass is 35.5. The number of aromatic nitrogens is 2. The van der Waals surface area contributed by atoms with E-state index in [0.717, 1.165) is 19.4 Å². The standard InChI is InChI=1S/C13H13ClN4OS/c14-11-6-9(12(15)19)13(17-16-11)18-4-1-2-10(18)8-3-5-20-7-8/h3,5-7,10H,1-2,4H2,(H2,15,19)/t10-/m0/s1. The van der Waals surface area contributed by atoms with Crippen LogP contribution in [0.3, 0.4) is 0 Å². The Morgan fingerprint density at radius 2 is 2.35 bits per heavy atom. The van der Waals surface area contributed by atoms with Crippen LogP contribution in [0.1, 0.15) is 34.8 Å². The third-order valence-corrected chi connectivity index (χ3v) is 4.35. The van der Waals surface area contributed by atoms with Crippen molar-refractivity contribution in [2.75, 3.05) is 11.4 Å². The smallest absolute Gasteiger partial charge is 0.252 e. The van der Waals surface area contributed by atoms with Crippen LogP contribution < -0.4 is 10.6 Å². The largest absolute Gasteiger partial charge is 0.365 e. The fourth-order valence-electron chi connectivity index (χ4n) is 2.59. The van der Waals surface area contributed by atoms with Gasteiger partial charge < -0.3 is 10.6 Å². The summed E-state index contributed by atoms with van der Waals surface area (Å²) in [7, 11) is 0. The number of rotatable bonds is 3. The van der Waals surface area contributed by atoms with Gasteiger partial charge >= 0.3 is 0 Å². The first-order valence-electron chi connectivity index (χ1n) is 6.28. The third kappa shape index (κ3) is 2.36. The number of anilines is 1. The Morgan fingerprint density at radius 1 is 1.50 bits per heavy atom. The van der Waals surface area contributed by atoms with Gasteiger partial charge in [0.2, 0.25) is 0 Å². The zero-order valence-corrected chi connectivity index (χ0v) is 12.2. The molecule has 0 unspecified atom stereocenters. The average Bonchev–Trinajstić information content (AvgIpc) is 3.09. The number of thiophene rings is 1. The minimum Gasteiger partial charge on any atom is -0.365 e. The van der Waals surface area contributed by atoms with Crippen LogP contribution in [0.4, 0.5) is 5.82 Å². The maximum absolute atomic E-state index is 11.6. The van der Waals surface area contributed by atoms with E-state index in [9.17, 15) is 4.79 Å². The van der Waals surface area contributed by atoms with E-state index >= 15 is 0 Å². The van der Waals surface area contributed by atoms with Gasteiger partial charge in [-0.05, 0) is 41.3 Å². The van der Waals surface area contributed by atoms with E-state index < -0.39 is 5.91 Å². The summed E-state index contributed by atoms with van der Waals surface area (Å²) >= 11 is 7.47. The van der Waals surface area contributed by atoms with Gasteiger partial charge in [-0.1, -0.05) is 11.6 Å². The van der Waals surface area contributed by atoms with Gasteiger partial charge in [-0.2, -0.15) is 11.3 Å². The van der Waals surface area contributed by atoms with Crippen molar-refractivity contribution in [2.45, 2.75) is 18.9 Å². The first kappa shape index (κ1) is 13.3. The number of hydrogen-bond donors (Lipinski definition) is 1. The molecule has 1 saturated heterocycles. The summed E-state index contributed by atoms with van der Waals surface area (Å²) in [4.78, 5) is 13.7. The molecule has 0 saturated carbocycles. The van der Waals surface area contributed by atoms with Crippen LogP contribution in [-0.2, 0) is 0 Å². The first-order chi connectivity index (χ1) is 9.66. The van der Waals surface area contributed by atoms with E-state index in [1.165, 1.54) is 11.6 Å². The first-order valence-corrected chi connectivity index (χ1v) is 7.60. The quantitative estimate of drug-likeness (QED) is 0.946. The summed E-state index contributed by atoms with van der Waals surface area (Å²) in [5.74, 6) is -0.0108. The Hall–Kier alpha value is -1.66. The van der Waals surface area contributed by atoms with Gasteiger partial charge in [0.25, 0.3) is 5.91 Å². The molecule has 3 rings (SSSR count). The van der Waals surface area contributed by atoms with Crippen LogP contribution in [0.5, 0.6) is 0 Å². The van der Waals surface area contributed by atoms with Gasteiger partial charge in [0.05, 0.1) is 11.6 Å². The number of amides is 1. The number of hydrogen-bond acceptors (Lipinski definition) is 5. The van der Waals surface area contributed by atoms with E-state index in [4.69, 9.17) is 17.3 Å². The Labute approximate surface area is 125 Å². The molecule has 5 nitrogen and oxygen atoms in total. The second kappa shape index (κ2) is 5.38. The van der Waals surface area contributed by atoms with Crippen molar-refractivity contribution >= 4 is 34.7 Å². The Balaban J connectivity index is 2.02. The van der Waals surface area contributed by atoms with Gasteiger partial charge in [-0.25, -0.2) is 0 Å². The lowest BCUT2D eigenvalue weighted by molar-refractivity contribution is 0.1000. The lowest BCUT2D eigenvalue weighted by atomic mass is 10.1. The van der Waals surface area contributed by atoms with Crippen LogP contribution in [0.25, 0.3) is 0 Å². The fraction of sp³-hybridized carbons (Fsp3) is 0.308. The molecule has 104 valence electrons. The zero-order valence-electron chi connectivity index (χ0n) is 10.6. The van der Waals surface area contributed by atoms with Crippen molar-refractivity contribution in [3.8, 4) is 0 Å². The summed E-state index contributed by atoms with van der Waals surface area (Å²) in [6, 6.07) is 3.80. The van der Waals surface area contributed by atoms with Crippen LogP contribution in [0.2, 0.25) is 5.15 Å². The molecule has 3 heterocycles. The molecule has 1 atom stereocenters. The molecule has 1 amide bonds. The van der Waals surface area contributed by atoms with Gasteiger partial charge in [-0.3, -0.25) is 4.79 Å². The molecule has 20 heavy (non-hydrogen) atoms. The molecule has 0 bridgehead atoms. The summed E-state index contributed by atoms with van der Waals surface area (Å²) in [5, 5.41) is 12.3. The zero-order chi connectivity index (χ0) is 14.1. The SMILES string of the molecule is NC(=O)c1cc(Cl)nnc1N1CCC[C@H]1c1ccsc1. The molecule has 1 fully saturated rings. The van der Waals surface area contributed by atoms with Crippen molar-refractivity contribution < 1.29 is 4.79 Å². The Bertz CT molecular complexity index is 631. The molecule has 0 spiro atoms. The van der Waals surface area contributed by atoms with Crippen LogP contribution >= 0.6 is 22.9 Å². The highest BCUT2D eigenvalue weighted by Crippen LogP contribution is 2.37. The third-order valence-electron chi connectivity index (χ3n) is 3.46. The monoisotopic (exact) mass is 308 g/mol. The minimum atomic E-state index is -0.534. The predicted molar refractivity (Wildman–Crippen MR) is 79.2 cm³/mol. The van der Waals surface area contributed by atoms with Crippen molar-refractivity contribution in [3.63, 3.8) is 0 Å². The van der Waals surface area contributed by atoms with Crippen molar-refractivity contribution in [3.05, 3.63) is 39.2 Å². The highest BCUT2D eigenvalue weighted by Gasteiger charge is 2.30. The van der Waals surface area contributed by atoms with E-state index in [1.807, 2.05) is 5.38 Å². The lowest BCUT2D eigenvalue weighted by Gasteiger charge is -2.26. The molecule has 1 aliphatic heterocycles. The van der Waals surface area contributed by atoms with Gasteiger partial charge in [0.15, 0.2) is 11.0 Å². The van der Waals surface area contributed by atoms with Crippen molar-refractivity contribution in [2.24, 2.45) is 5.73 Å². The van der Waals surface area contributed by atoms with E-state index in [2.05, 4.69) is 26.5 Å². The van der Waals surface area contributed by atoms with Gasteiger partial charge in [-0.15, -0.1) is 10.2 Å². The van der Waals surface area contributed by atoms with Crippen molar-refractivity contribution in [1.82, 2.24) is 10.2 Å². The molecule has 2 aromatic heterocycles. The van der Waals surface area contributed by atoms with E-state index in [0.29, 0.717) is 11.4 Å². The maximum Gasteiger partial charge on any atom is 0.252 e. The number of nitrogens with two attached hydrogens (primary N) is 1. The number of primary amides is 1. The number of carbonyl (C=O) groups is 1. The molecule has 0 radical (unpaired) electrons. The molecule has 7 heteroatoms. The topological polar surface area (TPSA) is 72.1 Å². The van der Waals surface area contributed by atoms with Crippen molar-refractivity contribution in [1.29, 1.82) is 0 Å². The second-order valence-electron chi connectivity index (χ2n) is 4.68. The minimum absolute atomic E-state index is 0.175. The Morgan fingerprint density at radius 3 is 3.05 bits per heavy atom. The van der Waals surface area contributed by atoms with E-state index in [-0.39, 0.29) is 11.2 Å².